The fourth-order valence-electron chi connectivity index (χ4n) is 2.42. The first-order valence-electron chi connectivity index (χ1n) is 6.34. The minimum absolute atomic E-state index is 0.0863. The van der Waals surface area contributed by atoms with Gasteiger partial charge in [0, 0.05) is 0 Å². The molecule has 2 saturated heterocycles. The quantitative estimate of drug-likeness (QED) is 0.604. The molecule has 4 atom stereocenters. The lowest BCUT2D eigenvalue weighted by molar-refractivity contribution is 0.0337. The Morgan fingerprint density at radius 3 is 2.50 bits per heavy atom. The number of ether oxygens (including phenoxy) is 2. The van der Waals surface area contributed by atoms with Crippen molar-refractivity contribution in [3.05, 3.63) is 29.8 Å². The maximum atomic E-state index is 12.2. The summed E-state index contributed by atoms with van der Waals surface area (Å²) in [6, 6.07) is 6.57. The van der Waals surface area contributed by atoms with Crippen LogP contribution in [0.15, 0.2) is 29.2 Å². The predicted octanol–water partition coefficient (Wildman–Crippen LogP) is 1.63. The van der Waals surface area contributed by atoms with Crippen molar-refractivity contribution in [2.75, 3.05) is 13.2 Å². The Labute approximate surface area is 126 Å². The van der Waals surface area contributed by atoms with Gasteiger partial charge in [0.15, 0.2) is 0 Å². The lowest BCUT2D eigenvalue weighted by Gasteiger charge is -2.16. The van der Waals surface area contributed by atoms with Crippen molar-refractivity contribution in [2.45, 2.75) is 35.0 Å². The van der Waals surface area contributed by atoms with Crippen molar-refractivity contribution >= 4 is 26.0 Å². The molecule has 0 aromatic heterocycles. The van der Waals surface area contributed by atoms with E-state index in [-0.39, 0.29) is 28.5 Å². The fraction of sp³-hybridized carbons (Fsp3) is 0.538. The predicted molar refractivity (Wildman–Crippen MR) is 75.4 cm³/mol. The largest absolute Gasteiger partial charge is 0.371 e. The lowest BCUT2D eigenvalue weighted by atomic mass is 10.1. The molecule has 3 rings (SSSR count). The number of rotatable bonds is 3. The Morgan fingerprint density at radius 1 is 1.15 bits per heavy atom. The molecule has 0 saturated carbocycles. The molecule has 0 N–H and O–H groups in total. The van der Waals surface area contributed by atoms with Crippen LogP contribution in [0.3, 0.4) is 0 Å². The third-order valence-electron chi connectivity index (χ3n) is 3.51. The molecule has 7 heteroatoms. The van der Waals surface area contributed by atoms with Crippen LogP contribution in [-0.2, 0) is 23.8 Å². The standard InChI is InChI=1S/C13H15BrO5S/c1-8-2-4-9(5-3-8)20(15,16)19-11-7-18-12-10(14)6-17-13(11)12/h2-5,10-13H,6-7H2,1H3. The maximum absolute atomic E-state index is 12.2. The molecule has 20 heavy (non-hydrogen) atoms. The van der Waals surface area contributed by atoms with Crippen molar-refractivity contribution in [1.82, 2.24) is 0 Å². The summed E-state index contributed by atoms with van der Waals surface area (Å²) < 4.78 is 40.8. The Balaban J connectivity index is 1.76. The fourth-order valence-corrected chi connectivity index (χ4v) is 4.10. The first-order chi connectivity index (χ1) is 9.47. The zero-order valence-corrected chi connectivity index (χ0v) is 13.3. The molecule has 1 aromatic carbocycles. The second-order valence-electron chi connectivity index (χ2n) is 5.01. The van der Waals surface area contributed by atoms with Gasteiger partial charge in [-0.25, -0.2) is 0 Å². The van der Waals surface area contributed by atoms with Gasteiger partial charge >= 0.3 is 0 Å². The van der Waals surface area contributed by atoms with Crippen molar-refractivity contribution in [3.63, 3.8) is 0 Å². The molecule has 5 nitrogen and oxygen atoms in total. The monoisotopic (exact) mass is 362 g/mol. The van der Waals surface area contributed by atoms with Crippen LogP contribution in [-0.4, -0.2) is 44.8 Å². The minimum Gasteiger partial charge on any atom is -0.371 e. The molecule has 0 bridgehead atoms. The van der Waals surface area contributed by atoms with E-state index in [0.29, 0.717) is 6.61 Å². The zero-order chi connectivity index (χ0) is 14.3. The van der Waals surface area contributed by atoms with Gasteiger partial charge in [0.25, 0.3) is 10.1 Å². The van der Waals surface area contributed by atoms with Crippen LogP contribution in [0.1, 0.15) is 5.56 Å². The SMILES string of the molecule is Cc1ccc(S(=O)(=O)OC2COC3C(Br)COC23)cc1. The van der Waals surface area contributed by atoms with Crippen LogP contribution >= 0.6 is 15.9 Å². The van der Waals surface area contributed by atoms with Crippen molar-refractivity contribution in [1.29, 1.82) is 0 Å². The number of hydrogen-bond donors (Lipinski definition) is 0. The molecular weight excluding hydrogens is 348 g/mol. The highest BCUT2D eigenvalue weighted by Gasteiger charge is 2.49. The van der Waals surface area contributed by atoms with Crippen LogP contribution in [0.5, 0.6) is 0 Å². The summed E-state index contributed by atoms with van der Waals surface area (Å²) in [5, 5.41) is 0. The Kier molecular flexibility index (Phi) is 3.89. The summed E-state index contributed by atoms with van der Waals surface area (Å²) in [6.45, 7) is 2.62. The van der Waals surface area contributed by atoms with E-state index < -0.39 is 16.2 Å². The van der Waals surface area contributed by atoms with Crippen molar-refractivity contribution < 1.29 is 22.1 Å². The summed E-state index contributed by atoms with van der Waals surface area (Å²) in [4.78, 5) is 0.239. The van der Waals surface area contributed by atoms with Crippen molar-refractivity contribution in [3.8, 4) is 0 Å². The third-order valence-corrected chi connectivity index (χ3v) is 5.64. The number of fused-ring (bicyclic) bond motifs is 1. The zero-order valence-electron chi connectivity index (χ0n) is 10.9. The second-order valence-corrected chi connectivity index (χ2v) is 7.76. The normalized spacial score (nSPS) is 33.3. The Morgan fingerprint density at radius 2 is 1.80 bits per heavy atom. The number of alkyl halides is 1. The van der Waals surface area contributed by atoms with E-state index >= 15 is 0 Å². The van der Waals surface area contributed by atoms with Crippen LogP contribution in [0, 0.1) is 6.92 Å². The van der Waals surface area contributed by atoms with E-state index in [4.69, 9.17) is 13.7 Å². The first kappa shape index (κ1) is 14.5. The first-order valence-corrected chi connectivity index (χ1v) is 8.67. The molecule has 2 aliphatic heterocycles. The summed E-state index contributed by atoms with van der Waals surface area (Å²) in [5.41, 5.74) is 0.995. The molecule has 2 heterocycles. The summed E-state index contributed by atoms with van der Waals surface area (Å²) in [6.07, 6.45) is -1.07. The van der Waals surface area contributed by atoms with Crippen LogP contribution < -0.4 is 0 Å². The Bertz CT molecular complexity index is 585. The van der Waals surface area contributed by atoms with Gasteiger partial charge in [-0.2, -0.15) is 8.42 Å². The van der Waals surface area contributed by atoms with Gasteiger partial charge in [-0.3, -0.25) is 4.18 Å². The topological polar surface area (TPSA) is 61.8 Å². The van der Waals surface area contributed by atoms with E-state index in [1.165, 1.54) is 0 Å². The van der Waals surface area contributed by atoms with Crippen molar-refractivity contribution in [2.24, 2.45) is 0 Å². The van der Waals surface area contributed by atoms with Crippen LogP contribution in [0.2, 0.25) is 0 Å². The highest BCUT2D eigenvalue weighted by Crippen LogP contribution is 2.33. The molecular formula is C13H15BrO5S. The van der Waals surface area contributed by atoms with E-state index in [1.54, 1.807) is 24.3 Å². The smallest absolute Gasteiger partial charge is 0.297 e. The molecule has 2 aliphatic rings. The minimum atomic E-state index is -3.79. The molecule has 0 amide bonds. The number of halogens is 1. The van der Waals surface area contributed by atoms with E-state index in [1.807, 2.05) is 6.92 Å². The molecule has 4 unspecified atom stereocenters. The average Bonchev–Trinajstić information content (AvgIpc) is 2.95. The number of benzene rings is 1. The highest BCUT2D eigenvalue weighted by atomic mass is 79.9. The third kappa shape index (κ3) is 2.65. The van der Waals surface area contributed by atoms with Gasteiger partial charge in [-0.1, -0.05) is 33.6 Å². The van der Waals surface area contributed by atoms with Gasteiger partial charge in [0.1, 0.15) is 18.3 Å². The number of hydrogen-bond acceptors (Lipinski definition) is 5. The Hall–Kier alpha value is -0.470. The molecule has 0 spiro atoms. The summed E-state index contributed by atoms with van der Waals surface area (Å²) in [7, 11) is -3.79. The number of aryl methyl sites for hydroxylation is 1. The van der Waals surface area contributed by atoms with E-state index in [2.05, 4.69) is 15.9 Å². The van der Waals surface area contributed by atoms with E-state index in [9.17, 15) is 8.42 Å². The molecule has 110 valence electrons. The van der Waals surface area contributed by atoms with Gasteiger partial charge in [0.2, 0.25) is 0 Å². The lowest BCUT2D eigenvalue weighted by Crippen LogP contribution is -2.33. The van der Waals surface area contributed by atoms with Crippen LogP contribution in [0.25, 0.3) is 0 Å². The van der Waals surface area contributed by atoms with Gasteiger partial charge in [-0.15, -0.1) is 0 Å². The highest BCUT2D eigenvalue weighted by molar-refractivity contribution is 9.09. The second kappa shape index (κ2) is 5.38. The van der Waals surface area contributed by atoms with Gasteiger partial charge < -0.3 is 9.47 Å². The average molecular weight is 363 g/mol. The summed E-state index contributed by atoms with van der Waals surface area (Å²) in [5.74, 6) is 0. The molecule has 1 aromatic rings. The van der Waals surface area contributed by atoms with Gasteiger partial charge in [0.05, 0.1) is 22.9 Å². The molecule has 0 radical (unpaired) electrons. The van der Waals surface area contributed by atoms with Gasteiger partial charge in [-0.05, 0) is 19.1 Å². The van der Waals surface area contributed by atoms with Crippen LogP contribution in [0.4, 0.5) is 0 Å². The summed E-state index contributed by atoms with van der Waals surface area (Å²) >= 11 is 3.45. The maximum Gasteiger partial charge on any atom is 0.297 e. The molecule has 0 aliphatic carbocycles. The molecule has 2 fully saturated rings. The van der Waals surface area contributed by atoms with E-state index in [0.717, 1.165) is 5.56 Å².